The molecule has 0 aliphatic rings. The van der Waals surface area contributed by atoms with Crippen LogP contribution in [0.3, 0.4) is 0 Å². The second-order valence-electron chi connectivity index (χ2n) is 7.55. The zero-order valence-electron chi connectivity index (χ0n) is 14.4. The van der Waals surface area contributed by atoms with Gasteiger partial charge in [0.2, 0.25) is 0 Å². The molecule has 0 atom stereocenters. The third kappa shape index (κ3) is 18.4. The van der Waals surface area contributed by atoms with Gasteiger partial charge in [-0.15, -0.1) is 0 Å². The van der Waals surface area contributed by atoms with Crippen LogP contribution in [0.25, 0.3) is 0 Å². The van der Waals surface area contributed by atoms with Gasteiger partial charge in [0.1, 0.15) is 0 Å². The Bertz CT molecular complexity index is 169. The van der Waals surface area contributed by atoms with Crippen molar-refractivity contribution in [1.29, 1.82) is 0 Å². The molecule has 0 bridgehead atoms. The van der Waals surface area contributed by atoms with E-state index in [9.17, 15) is 0 Å². The van der Waals surface area contributed by atoms with E-state index in [0.29, 0.717) is 0 Å². The first-order valence-corrected chi connectivity index (χ1v) is 12.8. The van der Waals surface area contributed by atoms with E-state index in [4.69, 9.17) is 0 Å². The van der Waals surface area contributed by atoms with E-state index in [2.05, 4.69) is 26.9 Å². The summed E-state index contributed by atoms with van der Waals surface area (Å²) in [6, 6.07) is 0. The third-order valence-corrected chi connectivity index (χ3v) is 5.88. The van der Waals surface area contributed by atoms with Gasteiger partial charge in [-0.05, 0) is 0 Å². The molecule has 0 aromatic heterocycles. The molecule has 0 saturated carbocycles. The minimum atomic E-state index is -0.757. The summed E-state index contributed by atoms with van der Waals surface area (Å²) in [6.07, 6.45) is 20.7. The molecule has 0 nitrogen and oxygen atoms in total. The van der Waals surface area contributed by atoms with Gasteiger partial charge in [-0.1, -0.05) is 19.8 Å². The van der Waals surface area contributed by atoms with Gasteiger partial charge >= 0.3 is 104 Å². The maximum absolute atomic E-state index is 2.49. The average Bonchev–Trinajstić information content (AvgIpc) is 2.34. The topological polar surface area (TPSA) is 0 Å². The SMILES string of the molecule is CCCCCCCCCCCCCCC[PH](C)(C)C. The quantitative estimate of drug-likeness (QED) is 0.246. The fourth-order valence-corrected chi connectivity index (χ4v) is 3.98. The van der Waals surface area contributed by atoms with Crippen LogP contribution in [0.4, 0.5) is 0 Å². The van der Waals surface area contributed by atoms with Crippen LogP contribution in [0.15, 0.2) is 0 Å². The van der Waals surface area contributed by atoms with E-state index in [1.165, 1.54) is 89.6 Å². The summed E-state index contributed by atoms with van der Waals surface area (Å²) in [6.45, 7) is 9.78. The average molecular weight is 288 g/mol. The Hall–Kier alpha value is 0.430. The van der Waals surface area contributed by atoms with E-state index in [0.717, 1.165) is 0 Å². The molecule has 0 unspecified atom stereocenters. The summed E-state index contributed by atoms with van der Waals surface area (Å²) >= 11 is 0. The summed E-state index contributed by atoms with van der Waals surface area (Å²) in [7, 11) is -0.757. The molecular weight excluding hydrogens is 247 g/mol. The molecule has 0 rings (SSSR count). The van der Waals surface area contributed by atoms with Crippen LogP contribution in [0.5, 0.6) is 0 Å². The number of hydrogen-bond donors (Lipinski definition) is 0. The molecule has 0 aliphatic heterocycles. The Labute approximate surface area is 124 Å². The van der Waals surface area contributed by atoms with E-state index < -0.39 is 7.26 Å². The molecule has 0 aromatic rings. The number of rotatable bonds is 14. The zero-order valence-corrected chi connectivity index (χ0v) is 15.4. The molecule has 0 amide bonds. The Morgan fingerprint density at radius 2 is 0.789 bits per heavy atom. The van der Waals surface area contributed by atoms with Gasteiger partial charge in [0.15, 0.2) is 0 Å². The van der Waals surface area contributed by atoms with Crippen molar-refractivity contribution >= 4 is 7.26 Å². The van der Waals surface area contributed by atoms with Crippen molar-refractivity contribution in [1.82, 2.24) is 0 Å². The van der Waals surface area contributed by atoms with Crippen molar-refractivity contribution in [3.63, 3.8) is 0 Å². The molecule has 19 heavy (non-hydrogen) atoms. The minimum absolute atomic E-state index is 0.757. The normalized spacial score (nSPS) is 12.8. The standard InChI is InChI=1S/C18H41P/c1-5-6-7-8-9-10-11-12-13-14-15-16-17-18-19(2,3)4/h19H,5-18H2,1-4H3. The van der Waals surface area contributed by atoms with Crippen molar-refractivity contribution in [2.24, 2.45) is 0 Å². The van der Waals surface area contributed by atoms with Crippen LogP contribution in [0, 0.1) is 0 Å². The van der Waals surface area contributed by atoms with Gasteiger partial charge in [-0.25, -0.2) is 0 Å². The molecule has 0 spiro atoms. The monoisotopic (exact) mass is 288 g/mol. The van der Waals surface area contributed by atoms with Gasteiger partial charge in [0.25, 0.3) is 0 Å². The Morgan fingerprint density at radius 3 is 1.11 bits per heavy atom. The van der Waals surface area contributed by atoms with E-state index >= 15 is 0 Å². The second kappa shape index (κ2) is 13.4. The number of hydrogen-bond acceptors (Lipinski definition) is 0. The molecule has 0 aromatic carbocycles. The van der Waals surface area contributed by atoms with E-state index in [1.807, 2.05) is 0 Å². The number of unbranched alkanes of at least 4 members (excludes halogenated alkanes) is 12. The van der Waals surface area contributed by atoms with Crippen molar-refractivity contribution in [3.05, 3.63) is 0 Å². The van der Waals surface area contributed by atoms with Crippen molar-refractivity contribution in [2.75, 3.05) is 26.2 Å². The fourth-order valence-electron chi connectivity index (χ4n) is 2.67. The molecule has 0 heterocycles. The Balaban J connectivity index is 2.99. The summed E-state index contributed by atoms with van der Waals surface area (Å²) < 4.78 is 0. The molecular formula is C18H41P. The van der Waals surface area contributed by atoms with Gasteiger partial charge in [0.05, 0.1) is 0 Å². The maximum atomic E-state index is 2.49. The first-order valence-electron chi connectivity index (χ1n) is 9.06. The van der Waals surface area contributed by atoms with Gasteiger partial charge in [-0.2, -0.15) is 0 Å². The molecule has 0 aliphatic carbocycles. The Kier molecular flexibility index (Phi) is 13.7. The van der Waals surface area contributed by atoms with Crippen LogP contribution in [0.1, 0.15) is 90.4 Å². The Morgan fingerprint density at radius 1 is 0.474 bits per heavy atom. The van der Waals surface area contributed by atoms with E-state index in [1.54, 1.807) is 0 Å². The molecule has 0 radical (unpaired) electrons. The van der Waals surface area contributed by atoms with Gasteiger partial charge < -0.3 is 0 Å². The van der Waals surface area contributed by atoms with Gasteiger partial charge in [0, 0.05) is 0 Å². The van der Waals surface area contributed by atoms with Crippen LogP contribution in [-0.2, 0) is 0 Å². The predicted octanol–water partition coefficient (Wildman–Crippen LogP) is 6.72. The van der Waals surface area contributed by atoms with Crippen LogP contribution in [0.2, 0.25) is 0 Å². The van der Waals surface area contributed by atoms with Crippen molar-refractivity contribution in [2.45, 2.75) is 90.4 Å². The summed E-state index contributed by atoms with van der Waals surface area (Å²) in [5.41, 5.74) is 0. The van der Waals surface area contributed by atoms with Crippen molar-refractivity contribution < 1.29 is 0 Å². The summed E-state index contributed by atoms with van der Waals surface area (Å²) in [5.74, 6) is 0. The van der Waals surface area contributed by atoms with Crippen molar-refractivity contribution in [3.8, 4) is 0 Å². The third-order valence-electron chi connectivity index (χ3n) is 4.03. The summed E-state index contributed by atoms with van der Waals surface area (Å²) in [4.78, 5) is 0. The molecule has 1 heteroatoms. The van der Waals surface area contributed by atoms with E-state index in [-0.39, 0.29) is 0 Å². The summed E-state index contributed by atoms with van der Waals surface area (Å²) in [5, 5.41) is 0. The first kappa shape index (κ1) is 19.4. The molecule has 118 valence electrons. The molecule has 0 saturated heterocycles. The zero-order chi connectivity index (χ0) is 14.4. The van der Waals surface area contributed by atoms with Crippen LogP contribution >= 0.6 is 7.26 Å². The van der Waals surface area contributed by atoms with Gasteiger partial charge in [-0.3, -0.25) is 0 Å². The molecule has 0 fully saturated rings. The van der Waals surface area contributed by atoms with Crippen LogP contribution in [-0.4, -0.2) is 26.2 Å². The second-order valence-corrected chi connectivity index (χ2v) is 13.2. The van der Waals surface area contributed by atoms with Crippen LogP contribution < -0.4 is 0 Å². The molecule has 0 N–H and O–H groups in total. The fraction of sp³-hybridized carbons (Fsp3) is 1.00. The first-order chi connectivity index (χ1) is 9.06. The predicted molar refractivity (Wildman–Crippen MR) is 96.6 cm³/mol.